The van der Waals surface area contributed by atoms with Gasteiger partial charge < -0.3 is 15.2 Å². The Morgan fingerprint density at radius 3 is 3.06 bits per heavy atom. The van der Waals surface area contributed by atoms with Gasteiger partial charge in [-0.05, 0) is 12.5 Å². The van der Waals surface area contributed by atoms with E-state index in [1.54, 1.807) is 12.4 Å². The van der Waals surface area contributed by atoms with Gasteiger partial charge in [0.25, 0.3) is 0 Å². The molecule has 86 valence electrons. The molecule has 0 saturated heterocycles. The average Bonchev–Trinajstić information content (AvgIpc) is 2.96. The second kappa shape index (κ2) is 4.89. The van der Waals surface area contributed by atoms with Crippen LogP contribution in [0.25, 0.3) is 11.6 Å². The van der Waals surface area contributed by atoms with Crippen LogP contribution in [0.4, 0.5) is 0 Å². The van der Waals surface area contributed by atoms with Gasteiger partial charge in [0.2, 0.25) is 11.7 Å². The Labute approximate surface area is 93.3 Å². The predicted octanol–water partition coefficient (Wildman–Crippen LogP) is 0.987. The smallest absolute Gasteiger partial charge is 0.238 e. The van der Waals surface area contributed by atoms with E-state index in [0.717, 1.165) is 12.8 Å². The van der Waals surface area contributed by atoms with Crippen LogP contribution in [0.2, 0.25) is 0 Å². The van der Waals surface area contributed by atoms with Gasteiger partial charge in [0.1, 0.15) is 0 Å². The van der Waals surface area contributed by atoms with Gasteiger partial charge in [0, 0.05) is 18.8 Å². The molecule has 0 bridgehead atoms. The Hall–Kier alpha value is -1.69. The summed E-state index contributed by atoms with van der Waals surface area (Å²) in [5.41, 5.74) is 5.62. The van der Waals surface area contributed by atoms with E-state index >= 15 is 0 Å². The maximum absolute atomic E-state index is 5.62. The van der Waals surface area contributed by atoms with Crippen LogP contribution in [0.15, 0.2) is 16.9 Å². The van der Waals surface area contributed by atoms with E-state index in [-0.39, 0.29) is 0 Å². The molecule has 0 aliphatic carbocycles. The van der Waals surface area contributed by atoms with Crippen LogP contribution in [0.3, 0.4) is 0 Å². The molecule has 2 aromatic rings. The highest BCUT2D eigenvalue weighted by molar-refractivity contribution is 5.40. The van der Waals surface area contributed by atoms with Crippen LogP contribution in [0.1, 0.15) is 19.2 Å². The van der Waals surface area contributed by atoms with Crippen LogP contribution < -0.4 is 5.73 Å². The van der Waals surface area contributed by atoms with Gasteiger partial charge in [0.05, 0.1) is 0 Å². The maximum atomic E-state index is 5.62. The maximum Gasteiger partial charge on any atom is 0.238 e. The topological polar surface area (TPSA) is 93.6 Å². The number of aromatic amines is 1. The van der Waals surface area contributed by atoms with E-state index in [4.69, 9.17) is 10.3 Å². The van der Waals surface area contributed by atoms with Crippen molar-refractivity contribution in [3.8, 4) is 11.6 Å². The summed E-state index contributed by atoms with van der Waals surface area (Å²) in [6.45, 7) is 2.73. The average molecular weight is 221 g/mol. The lowest BCUT2D eigenvalue weighted by molar-refractivity contribution is 0.350. The van der Waals surface area contributed by atoms with E-state index in [0.29, 0.717) is 30.0 Å². The molecule has 3 N–H and O–H groups in total. The first-order chi connectivity index (χ1) is 7.83. The number of rotatable bonds is 5. The minimum Gasteiger partial charge on any atom is -0.342 e. The first-order valence-corrected chi connectivity index (χ1v) is 5.35. The largest absolute Gasteiger partial charge is 0.342 e. The summed E-state index contributed by atoms with van der Waals surface area (Å²) < 4.78 is 5.15. The fraction of sp³-hybridized carbons (Fsp3) is 0.500. The van der Waals surface area contributed by atoms with Crippen LogP contribution in [0, 0.1) is 5.92 Å². The molecule has 6 nitrogen and oxygen atoms in total. The molecule has 0 fully saturated rings. The Morgan fingerprint density at radius 2 is 2.44 bits per heavy atom. The Bertz CT molecular complexity index is 418. The van der Waals surface area contributed by atoms with Crippen LogP contribution in [-0.2, 0) is 6.42 Å². The number of aromatic nitrogens is 4. The number of imidazole rings is 1. The number of nitrogens with one attached hydrogen (secondary N) is 1. The number of nitrogens with zero attached hydrogens (tertiary/aromatic N) is 3. The van der Waals surface area contributed by atoms with E-state index in [1.807, 2.05) is 0 Å². The fourth-order valence-corrected chi connectivity index (χ4v) is 1.46. The van der Waals surface area contributed by atoms with Gasteiger partial charge in [-0.1, -0.05) is 18.5 Å². The molecule has 16 heavy (non-hydrogen) atoms. The predicted molar refractivity (Wildman–Crippen MR) is 58.4 cm³/mol. The van der Waals surface area contributed by atoms with Crippen molar-refractivity contribution in [3.05, 3.63) is 18.3 Å². The van der Waals surface area contributed by atoms with Gasteiger partial charge in [-0.3, -0.25) is 0 Å². The van der Waals surface area contributed by atoms with Gasteiger partial charge in [-0.25, -0.2) is 4.98 Å². The molecule has 2 rings (SSSR count). The van der Waals surface area contributed by atoms with Gasteiger partial charge in [0.15, 0.2) is 5.82 Å². The first-order valence-electron chi connectivity index (χ1n) is 5.35. The zero-order valence-corrected chi connectivity index (χ0v) is 9.18. The second-order valence-electron chi connectivity index (χ2n) is 3.66. The molecule has 0 aliphatic heterocycles. The third-order valence-electron chi connectivity index (χ3n) is 2.55. The Morgan fingerprint density at radius 1 is 1.56 bits per heavy atom. The molecule has 2 heterocycles. The molecular weight excluding hydrogens is 206 g/mol. The number of H-pyrrole nitrogens is 1. The number of hydrogen-bond acceptors (Lipinski definition) is 5. The molecule has 2 aromatic heterocycles. The highest BCUT2D eigenvalue weighted by Crippen LogP contribution is 2.13. The second-order valence-corrected chi connectivity index (χ2v) is 3.66. The zero-order valence-electron chi connectivity index (χ0n) is 9.18. The first kappa shape index (κ1) is 10.8. The van der Waals surface area contributed by atoms with Crippen molar-refractivity contribution in [2.45, 2.75) is 19.8 Å². The normalized spacial score (nSPS) is 12.9. The molecule has 0 saturated carbocycles. The summed E-state index contributed by atoms with van der Waals surface area (Å²) in [4.78, 5) is 11.2. The summed E-state index contributed by atoms with van der Waals surface area (Å²) in [6, 6.07) is 0. The molecule has 0 aromatic carbocycles. The lowest BCUT2D eigenvalue weighted by Crippen LogP contribution is -2.15. The van der Waals surface area contributed by atoms with Gasteiger partial charge >= 0.3 is 0 Å². The molecule has 0 amide bonds. The highest BCUT2D eigenvalue weighted by atomic mass is 16.5. The Balaban J connectivity index is 2.08. The summed E-state index contributed by atoms with van der Waals surface area (Å²) in [7, 11) is 0. The summed E-state index contributed by atoms with van der Waals surface area (Å²) in [5, 5.41) is 3.86. The fourth-order valence-electron chi connectivity index (χ4n) is 1.46. The van der Waals surface area contributed by atoms with Crippen molar-refractivity contribution in [3.63, 3.8) is 0 Å². The third-order valence-corrected chi connectivity index (χ3v) is 2.55. The van der Waals surface area contributed by atoms with E-state index < -0.39 is 0 Å². The monoisotopic (exact) mass is 221 g/mol. The van der Waals surface area contributed by atoms with Gasteiger partial charge in [-0.2, -0.15) is 4.98 Å². The molecule has 1 atom stereocenters. The Kier molecular flexibility index (Phi) is 3.31. The van der Waals surface area contributed by atoms with Crippen LogP contribution >= 0.6 is 0 Å². The minimum absolute atomic E-state index is 0.393. The summed E-state index contributed by atoms with van der Waals surface area (Å²) >= 11 is 0. The standard InChI is InChI=1S/C10H15N5O/c1-2-7(6-11)5-8-14-10(15-16-8)9-12-3-4-13-9/h3-4,7H,2,5-6,11H2,1H3,(H,12,13). The van der Waals surface area contributed by atoms with Crippen LogP contribution in [0.5, 0.6) is 0 Å². The quantitative estimate of drug-likeness (QED) is 0.785. The summed E-state index contributed by atoms with van der Waals surface area (Å²) in [6.07, 6.45) is 5.11. The molecule has 0 radical (unpaired) electrons. The third kappa shape index (κ3) is 2.27. The SMILES string of the molecule is CCC(CN)Cc1nc(-c2ncc[nH]2)no1. The van der Waals surface area contributed by atoms with Gasteiger partial charge in [-0.15, -0.1) is 0 Å². The molecule has 0 spiro atoms. The van der Waals surface area contributed by atoms with Crippen molar-refractivity contribution in [1.29, 1.82) is 0 Å². The molecule has 0 aliphatic rings. The minimum atomic E-state index is 0.393. The lowest BCUT2D eigenvalue weighted by Gasteiger charge is -2.07. The molecule has 6 heteroatoms. The zero-order chi connectivity index (χ0) is 11.4. The van der Waals surface area contributed by atoms with Crippen molar-refractivity contribution in [1.82, 2.24) is 20.1 Å². The summed E-state index contributed by atoms with van der Waals surface area (Å²) in [5.74, 6) is 2.12. The van der Waals surface area contributed by atoms with Crippen LogP contribution in [-0.4, -0.2) is 26.7 Å². The highest BCUT2D eigenvalue weighted by Gasteiger charge is 2.13. The molecule has 1 unspecified atom stereocenters. The number of hydrogen-bond donors (Lipinski definition) is 2. The van der Waals surface area contributed by atoms with Crippen molar-refractivity contribution >= 4 is 0 Å². The lowest BCUT2D eigenvalue weighted by atomic mass is 10.0. The van der Waals surface area contributed by atoms with E-state index in [9.17, 15) is 0 Å². The molecular formula is C10H15N5O. The van der Waals surface area contributed by atoms with E-state index in [2.05, 4.69) is 27.0 Å². The van der Waals surface area contributed by atoms with E-state index in [1.165, 1.54) is 0 Å². The van der Waals surface area contributed by atoms with Crippen molar-refractivity contribution in [2.75, 3.05) is 6.54 Å². The number of nitrogens with two attached hydrogens (primary N) is 1. The van der Waals surface area contributed by atoms with Crippen molar-refractivity contribution < 1.29 is 4.52 Å². The van der Waals surface area contributed by atoms with Crippen molar-refractivity contribution in [2.24, 2.45) is 11.7 Å².